The molecule has 0 aromatic carbocycles. The van der Waals surface area contributed by atoms with Crippen LogP contribution in [0.15, 0.2) is 36.2 Å². The first kappa shape index (κ1) is 19.0. The quantitative estimate of drug-likeness (QED) is 0.296. The number of halogens is 1. The molecule has 2 fully saturated rings. The Balaban J connectivity index is 1.74. The van der Waals surface area contributed by atoms with Gasteiger partial charge < -0.3 is 0 Å². The van der Waals surface area contributed by atoms with E-state index >= 15 is 0 Å². The first-order valence-electron chi connectivity index (χ1n) is 9.76. The van der Waals surface area contributed by atoms with Crippen molar-refractivity contribution in [1.82, 2.24) is 0 Å². The van der Waals surface area contributed by atoms with E-state index in [1.807, 2.05) is 0 Å². The van der Waals surface area contributed by atoms with Crippen molar-refractivity contribution in [2.75, 3.05) is 0 Å². The fraction of sp³-hybridized carbons (Fsp3) is 0.682. The van der Waals surface area contributed by atoms with Crippen LogP contribution < -0.4 is 0 Å². The van der Waals surface area contributed by atoms with E-state index in [0.29, 0.717) is 11.8 Å². The fourth-order valence-corrected chi connectivity index (χ4v) is 4.58. The third kappa shape index (κ3) is 5.62. The van der Waals surface area contributed by atoms with E-state index in [4.69, 9.17) is 5.26 Å². The Morgan fingerprint density at radius 1 is 1.08 bits per heavy atom. The van der Waals surface area contributed by atoms with E-state index in [-0.39, 0.29) is 0 Å². The van der Waals surface area contributed by atoms with Crippen LogP contribution in [0, 0.1) is 35.0 Å². The molecule has 0 N–H and O–H groups in total. The molecule has 2 saturated carbocycles. The Hall–Kier alpha value is -1.36. The van der Waals surface area contributed by atoms with Crippen LogP contribution in [0.4, 0.5) is 4.39 Å². The van der Waals surface area contributed by atoms with E-state index in [1.165, 1.54) is 69.1 Å². The molecule has 1 nitrogen and oxygen atoms in total. The lowest BCUT2D eigenvalue weighted by Crippen LogP contribution is -2.22. The average Bonchev–Trinajstić information content (AvgIpc) is 2.62. The number of nitrogens with zero attached hydrogens (tertiary/aromatic N) is 1. The van der Waals surface area contributed by atoms with Gasteiger partial charge in [-0.1, -0.05) is 44.1 Å². The van der Waals surface area contributed by atoms with Gasteiger partial charge in [-0.05, 0) is 81.1 Å². The van der Waals surface area contributed by atoms with Gasteiger partial charge in [0.2, 0.25) is 0 Å². The zero-order valence-corrected chi connectivity index (χ0v) is 15.1. The van der Waals surface area contributed by atoms with Gasteiger partial charge in [0.25, 0.3) is 0 Å². The lowest BCUT2D eigenvalue weighted by molar-refractivity contribution is 0.255. The Kier molecular flexibility index (Phi) is 7.76. The molecule has 132 valence electrons. The summed E-state index contributed by atoms with van der Waals surface area (Å²) in [6.45, 7) is 6.78. The van der Waals surface area contributed by atoms with Gasteiger partial charge in [0.05, 0.1) is 0 Å². The molecule has 24 heavy (non-hydrogen) atoms. The van der Waals surface area contributed by atoms with E-state index in [9.17, 15) is 4.39 Å². The topological polar surface area (TPSA) is 23.8 Å². The minimum atomic E-state index is -0.716. The van der Waals surface area contributed by atoms with Crippen LogP contribution in [0.3, 0.4) is 0 Å². The molecule has 0 bridgehead atoms. The van der Waals surface area contributed by atoms with E-state index in [2.05, 4.69) is 19.6 Å². The Labute approximate surface area is 147 Å². The Morgan fingerprint density at radius 3 is 2.21 bits per heavy atom. The summed E-state index contributed by atoms with van der Waals surface area (Å²) in [7, 11) is 0. The minimum absolute atomic E-state index is 0.525. The highest BCUT2D eigenvalue weighted by Gasteiger charge is 2.28. The van der Waals surface area contributed by atoms with Crippen molar-refractivity contribution in [3.63, 3.8) is 0 Å². The number of rotatable bonds is 6. The zero-order valence-electron chi connectivity index (χ0n) is 15.1. The molecule has 0 amide bonds. The Morgan fingerprint density at radius 2 is 1.67 bits per heavy atom. The SMILES string of the molecule is C=C(C1CCC(C=CC=C(F)C#N)CC1)C1CCC(CCC)CC1. The van der Waals surface area contributed by atoms with Crippen molar-refractivity contribution in [2.45, 2.75) is 71.1 Å². The molecular weight excluding hydrogens is 297 g/mol. The summed E-state index contributed by atoms with van der Waals surface area (Å²) in [5.41, 5.74) is 1.52. The maximum absolute atomic E-state index is 12.8. The van der Waals surface area contributed by atoms with Crippen LogP contribution in [0.5, 0.6) is 0 Å². The summed E-state index contributed by atoms with van der Waals surface area (Å²) in [5, 5.41) is 8.40. The molecule has 0 radical (unpaired) electrons. The van der Waals surface area contributed by atoms with Crippen molar-refractivity contribution in [2.24, 2.45) is 23.7 Å². The van der Waals surface area contributed by atoms with Gasteiger partial charge in [-0.15, -0.1) is 0 Å². The molecule has 0 saturated heterocycles. The van der Waals surface area contributed by atoms with Gasteiger partial charge in [0, 0.05) is 0 Å². The minimum Gasteiger partial charge on any atom is -0.195 e. The Bertz CT molecular complexity index is 495. The molecule has 0 atom stereocenters. The van der Waals surface area contributed by atoms with Gasteiger partial charge in [0.15, 0.2) is 5.83 Å². The van der Waals surface area contributed by atoms with Crippen molar-refractivity contribution in [3.05, 3.63) is 36.2 Å². The predicted molar refractivity (Wildman–Crippen MR) is 98.9 cm³/mol. The largest absolute Gasteiger partial charge is 0.199 e. The lowest BCUT2D eigenvalue weighted by atomic mass is 9.70. The van der Waals surface area contributed by atoms with Crippen LogP contribution in [0.2, 0.25) is 0 Å². The highest BCUT2D eigenvalue weighted by Crippen LogP contribution is 2.42. The second-order valence-corrected chi connectivity index (χ2v) is 7.70. The molecular formula is C22H32FN. The zero-order chi connectivity index (χ0) is 17.4. The van der Waals surface area contributed by atoms with Crippen molar-refractivity contribution in [1.29, 1.82) is 5.26 Å². The molecule has 2 aliphatic carbocycles. The van der Waals surface area contributed by atoms with Crippen LogP contribution in [0.25, 0.3) is 0 Å². The van der Waals surface area contributed by atoms with Crippen LogP contribution in [-0.2, 0) is 0 Å². The van der Waals surface area contributed by atoms with Gasteiger partial charge in [0.1, 0.15) is 6.07 Å². The molecule has 2 rings (SSSR count). The molecule has 2 aliphatic rings. The lowest BCUT2D eigenvalue weighted by Gasteiger charge is -2.35. The summed E-state index contributed by atoms with van der Waals surface area (Å²) in [6, 6.07) is 1.50. The van der Waals surface area contributed by atoms with Crippen LogP contribution in [0.1, 0.15) is 71.1 Å². The van der Waals surface area contributed by atoms with E-state index in [0.717, 1.165) is 24.7 Å². The van der Waals surface area contributed by atoms with Crippen molar-refractivity contribution >= 4 is 0 Å². The standard InChI is InChI=1S/C22H32FN/c1-3-5-18-8-12-20(13-9-18)17(2)21-14-10-19(11-15-21)6-4-7-22(23)16-24/h4,6-7,18-21H,2-3,5,8-15H2,1H3. The molecule has 0 heterocycles. The molecule has 2 heteroatoms. The molecule has 0 aromatic heterocycles. The number of nitriles is 1. The summed E-state index contributed by atoms with van der Waals surface area (Å²) in [5.74, 6) is 2.21. The number of hydrogen-bond donors (Lipinski definition) is 0. The van der Waals surface area contributed by atoms with Gasteiger partial charge >= 0.3 is 0 Å². The van der Waals surface area contributed by atoms with Gasteiger partial charge in [-0.3, -0.25) is 0 Å². The van der Waals surface area contributed by atoms with Gasteiger partial charge in [-0.2, -0.15) is 9.65 Å². The first-order valence-corrected chi connectivity index (χ1v) is 9.76. The number of allylic oxidation sites excluding steroid dienone is 5. The third-order valence-electron chi connectivity index (χ3n) is 6.10. The predicted octanol–water partition coefficient (Wildman–Crippen LogP) is 6.89. The van der Waals surface area contributed by atoms with E-state index < -0.39 is 5.83 Å². The second kappa shape index (κ2) is 9.82. The van der Waals surface area contributed by atoms with Crippen LogP contribution >= 0.6 is 0 Å². The van der Waals surface area contributed by atoms with Gasteiger partial charge in [-0.25, -0.2) is 0 Å². The molecule has 0 spiro atoms. The molecule has 0 aliphatic heterocycles. The normalized spacial score (nSPS) is 31.8. The summed E-state index contributed by atoms with van der Waals surface area (Å²) >= 11 is 0. The summed E-state index contributed by atoms with van der Waals surface area (Å²) in [4.78, 5) is 0. The van der Waals surface area contributed by atoms with Crippen molar-refractivity contribution in [3.8, 4) is 6.07 Å². The van der Waals surface area contributed by atoms with Crippen molar-refractivity contribution < 1.29 is 4.39 Å². The monoisotopic (exact) mass is 329 g/mol. The number of hydrogen-bond acceptors (Lipinski definition) is 1. The maximum Gasteiger partial charge on any atom is 0.199 e. The van der Waals surface area contributed by atoms with E-state index in [1.54, 1.807) is 6.08 Å². The summed E-state index contributed by atoms with van der Waals surface area (Å²) < 4.78 is 12.8. The maximum atomic E-state index is 12.8. The first-order chi connectivity index (χ1) is 11.6. The second-order valence-electron chi connectivity index (χ2n) is 7.70. The smallest absolute Gasteiger partial charge is 0.195 e. The summed E-state index contributed by atoms with van der Waals surface area (Å²) in [6.07, 6.45) is 18.0. The fourth-order valence-electron chi connectivity index (χ4n) is 4.58. The molecule has 0 unspecified atom stereocenters. The highest BCUT2D eigenvalue weighted by molar-refractivity contribution is 5.19. The average molecular weight is 330 g/mol. The molecule has 0 aromatic rings. The highest BCUT2D eigenvalue weighted by atomic mass is 19.1. The third-order valence-corrected chi connectivity index (χ3v) is 6.10. The van der Waals surface area contributed by atoms with Crippen LogP contribution in [-0.4, -0.2) is 0 Å².